The average Bonchev–Trinajstić information content (AvgIpc) is 2.67. The van der Waals surface area contributed by atoms with Crippen molar-refractivity contribution in [2.24, 2.45) is 11.1 Å². The minimum Gasteiger partial charge on any atom is -0.366 e. The number of aryl methyl sites for hydroxylation is 1. The van der Waals surface area contributed by atoms with Crippen molar-refractivity contribution in [1.29, 1.82) is 0 Å². The minimum atomic E-state index is -0.474. The maximum absolute atomic E-state index is 12.5. The summed E-state index contributed by atoms with van der Waals surface area (Å²) in [5.74, 6) is -0.430. The number of urea groups is 1. The number of pyridine rings is 1. The van der Waals surface area contributed by atoms with Crippen LogP contribution >= 0.6 is 0 Å². The second-order valence-corrected chi connectivity index (χ2v) is 8.34. The van der Waals surface area contributed by atoms with Crippen LogP contribution in [0, 0.1) is 12.3 Å². The molecule has 1 aliphatic carbocycles. The minimum absolute atomic E-state index is 0.0441. The molecule has 30 heavy (non-hydrogen) atoms. The molecule has 8 heteroatoms. The van der Waals surface area contributed by atoms with Gasteiger partial charge >= 0.3 is 6.03 Å². The fourth-order valence-electron chi connectivity index (χ4n) is 4.32. The number of likely N-dealkylation sites (tertiary alicyclic amines) is 1. The molecule has 4 N–H and O–H groups in total. The summed E-state index contributed by atoms with van der Waals surface area (Å²) in [5.41, 5.74) is 8.19. The van der Waals surface area contributed by atoms with Crippen molar-refractivity contribution < 1.29 is 14.4 Å². The Morgan fingerprint density at radius 3 is 2.47 bits per heavy atom. The van der Waals surface area contributed by atoms with E-state index in [-0.39, 0.29) is 23.4 Å². The number of nitrogens with zero attached hydrogens (tertiary/aromatic N) is 2. The number of carbonyl (C=O) groups excluding carboxylic acids is 3. The Kier molecular flexibility index (Phi) is 5.15. The van der Waals surface area contributed by atoms with Gasteiger partial charge in [0.25, 0.3) is 5.91 Å². The first kappa shape index (κ1) is 19.9. The molecule has 4 amide bonds. The second-order valence-electron chi connectivity index (χ2n) is 8.34. The van der Waals surface area contributed by atoms with Gasteiger partial charge in [0.1, 0.15) is 0 Å². The Morgan fingerprint density at radius 1 is 1.13 bits per heavy atom. The average molecular weight is 407 g/mol. The number of hydrogen-bond acceptors (Lipinski definition) is 4. The summed E-state index contributed by atoms with van der Waals surface area (Å²) < 4.78 is 0. The van der Waals surface area contributed by atoms with Gasteiger partial charge in [-0.1, -0.05) is 12.1 Å². The maximum Gasteiger partial charge on any atom is 0.315 e. The first-order valence-corrected chi connectivity index (χ1v) is 9.99. The molecule has 8 nitrogen and oxygen atoms in total. The summed E-state index contributed by atoms with van der Waals surface area (Å²) in [4.78, 5) is 41.7. The molecule has 0 radical (unpaired) electrons. The third-order valence-corrected chi connectivity index (χ3v) is 5.87. The zero-order valence-electron chi connectivity index (χ0n) is 16.9. The highest BCUT2D eigenvalue weighted by Gasteiger charge is 2.54. The maximum atomic E-state index is 12.5. The van der Waals surface area contributed by atoms with Gasteiger partial charge in [0.2, 0.25) is 5.91 Å². The van der Waals surface area contributed by atoms with Gasteiger partial charge in [-0.15, -0.1) is 0 Å². The van der Waals surface area contributed by atoms with Crippen molar-refractivity contribution in [3.05, 3.63) is 65.0 Å². The van der Waals surface area contributed by atoms with E-state index in [1.165, 1.54) is 0 Å². The van der Waals surface area contributed by atoms with Crippen LogP contribution in [0.15, 0.2) is 42.6 Å². The monoisotopic (exact) mass is 407 g/mol. The zero-order chi connectivity index (χ0) is 21.3. The lowest BCUT2D eigenvalue weighted by molar-refractivity contribution is -0.0585. The van der Waals surface area contributed by atoms with Crippen LogP contribution in [-0.4, -0.2) is 46.9 Å². The molecule has 2 fully saturated rings. The van der Waals surface area contributed by atoms with Gasteiger partial charge in [-0.2, -0.15) is 0 Å². The molecule has 156 valence electrons. The Hall–Kier alpha value is -3.42. The van der Waals surface area contributed by atoms with Crippen LogP contribution < -0.4 is 16.4 Å². The predicted molar refractivity (Wildman–Crippen MR) is 111 cm³/mol. The van der Waals surface area contributed by atoms with Crippen LogP contribution in [0.1, 0.15) is 44.8 Å². The summed E-state index contributed by atoms with van der Waals surface area (Å²) in [6, 6.07) is 10.3. The molecule has 1 aromatic carbocycles. The lowest BCUT2D eigenvalue weighted by atomic mass is 9.60. The van der Waals surface area contributed by atoms with E-state index >= 15 is 0 Å². The van der Waals surface area contributed by atoms with Crippen molar-refractivity contribution >= 4 is 17.8 Å². The zero-order valence-corrected chi connectivity index (χ0v) is 16.9. The lowest BCUT2D eigenvalue weighted by Gasteiger charge is -2.59. The van der Waals surface area contributed by atoms with E-state index in [0.717, 1.165) is 37.2 Å². The van der Waals surface area contributed by atoms with E-state index in [0.29, 0.717) is 17.7 Å². The topological polar surface area (TPSA) is 117 Å². The van der Waals surface area contributed by atoms with Crippen LogP contribution in [0.3, 0.4) is 0 Å². The quantitative estimate of drug-likeness (QED) is 0.698. The third kappa shape index (κ3) is 4.12. The fourth-order valence-corrected chi connectivity index (χ4v) is 4.32. The molecular weight excluding hydrogens is 382 g/mol. The molecule has 2 aromatic rings. The van der Waals surface area contributed by atoms with E-state index in [2.05, 4.69) is 15.6 Å². The van der Waals surface area contributed by atoms with Gasteiger partial charge in [-0.25, -0.2) is 4.79 Å². The summed E-state index contributed by atoms with van der Waals surface area (Å²) in [6.45, 7) is 3.71. The van der Waals surface area contributed by atoms with Crippen molar-refractivity contribution in [2.75, 3.05) is 13.1 Å². The van der Waals surface area contributed by atoms with Crippen LogP contribution in [0.2, 0.25) is 0 Å². The van der Waals surface area contributed by atoms with Gasteiger partial charge in [0, 0.05) is 54.1 Å². The Bertz CT molecular complexity index is 975. The Balaban J connectivity index is 1.18. The van der Waals surface area contributed by atoms with E-state index in [1.54, 1.807) is 36.5 Å². The number of carbonyl (C=O) groups is 3. The number of nitrogens with one attached hydrogen (secondary N) is 2. The molecule has 0 bridgehead atoms. The van der Waals surface area contributed by atoms with Gasteiger partial charge in [0.15, 0.2) is 0 Å². The molecule has 0 unspecified atom stereocenters. The number of hydrogen-bond donors (Lipinski definition) is 3. The van der Waals surface area contributed by atoms with E-state index in [1.807, 2.05) is 17.9 Å². The van der Waals surface area contributed by atoms with Crippen LogP contribution in [0.25, 0.3) is 0 Å². The molecule has 2 heterocycles. The van der Waals surface area contributed by atoms with Gasteiger partial charge in [-0.05, 0) is 49.6 Å². The molecule has 1 spiro atoms. The van der Waals surface area contributed by atoms with Gasteiger partial charge in [-0.3, -0.25) is 14.6 Å². The van der Waals surface area contributed by atoms with Gasteiger partial charge < -0.3 is 21.3 Å². The summed E-state index contributed by atoms with van der Waals surface area (Å²) in [5, 5.41) is 5.81. The van der Waals surface area contributed by atoms with Crippen molar-refractivity contribution in [3.8, 4) is 0 Å². The van der Waals surface area contributed by atoms with E-state index in [9.17, 15) is 14.4 Å². The molecule has 2 aliphatic rings. The molecule has 1 aromatic heterocycles. The van der Waals surface area contributed by atoms with Crippen LogP contribution in [0.4, 0.5) is 4.79 Å². The lowest BCUT2D eigenvalue weighted by Crippen LogP contribution is -2.67. The highest BCUT2D eigenvalue weighted by atomic mass is 16.2. The first-order chi connectivity index (χ1) is 14.3. The molecule has 4 rings (SSSR count). The summed E-state index contributed by atoms with van der Waals surface area (Å²) in [6.07, 6.45) is 3.42. The normalized spacial score (nSPS) is 17.0. The number of primary amides is 1. The SMILES string of the molecule is Cc1cc(C(=O)N2CC3(CC(NC(=O)NCc4ccc(C(N)=O)cc4)C3)C2)ccn1. The smallest absolute Gasteiger partial charge is 0.315 e. The largest absolute Gasteiger partial charge is 0.366 e. The summed E-state index contributed by atoms with van der Waals surface area (Å²) >= 11 is 0. The summed E-state index contributed by atoms with van der Waals surface area (Å²) in [7, 11) is 0. The van der Waals surface area contributed by atoms with Gasteiger partial charge in [0.05, 0.1) is 0 Å². The molecule has 1 saturated carbocycles. The van der Waals surface area contributed by atoms with E-state index < -0.39 is 5.91 Å². The molecule has 1 aliphatic heterocycles. The van der Waals surface area contributed by atoms with Crippen LogP contribution in [-0.2, 0) is 6.54 Å². The van der Waals surface area contributed by atoms with Crippen molar-refractivity contribution in [3.63, 3.8) is 0 Å². The van der Waals surface area contributed by atoms with Crippen molar-refractivity contribution in [1.82, 2.24) is 20.5 Å². The number of rotatable bonds is 5. The third-order valence-electron chi connectivity index (χ3n) is 5.87. The van der Waals surface area contributed by atoms with E-state index in [4.69, 9.17) is 5.73 Å². The second kappa shape index (κ2) is 7.78. The Morgan fingerprint density at radius 2 is 1.83 bits per heavy atom. The predicted octanol–water partition coefficient (Wildman–Crippen LogP) is 1.59. The number of nitrogens with two attached hydrogens (primary N) is 1. The van der Waals surface area contributed by atoms with Crippen molar-refractivity contribution in [2.45, 2.75) is 32.4 Å². The number of amides is 4. The highest BCUT2D eigenvalue weighted by molar-refractivity contribution is 5.95. The highest BCUT2D eigenvalue weighted by Crippen LogP contribution is 2.48. The Labute approximate surface area is 174 Å². The standard InChI is InChI=1S/C22H25N5O3/c1-14-8-17(6-7-24-14)20(29)27-12-22(13-27)9-18(10-22)26-21(30)25-11-15-2-4-16(5-3-15)19(23)28/h2-8,18H,9-13H2,1H3,(H2,23,28)(H2,25,26,30). The first-order valence-electron chi connectivity index (χ1n) is 9.99. The number of benzene rings is 1. The molecule has 1 saturated heterocycles. The molecule has 0 atom stereocenters. The van der Waals surface area contributed by atoms with Crippen LogP contribution in [0.5, 0.6) is 0 Å². The molecular formula is C22H25N5O3. The number of aromatic nitrogens is 1. The fraction of sp³-hybridized carbons (Fsp3) is 0.364.